The number of aromatic nitrogens is 3. The molecule has 0 spiro atoms. The third-order valence-electron chi connectivity index (χ3n) is 5.04. The van der Waals surface area contributed by atoms with Crippen molar-refractivity contribution in [1.82, 2.24) is 14.1 Å². The lowest BCUT2D eigenvalue weighted by atomic mass is 10.3. The zero-order valence-corrected chi connectivity index (χ0v) is 20.3. The molecule has 0 unspecified atom stereocenters. The predicted octanol–water partition coefficient (Wildman–Crippen LogP) is 4.83. The summed E-state index contributed by atoms with van der Waals surface area (Å²) in [6.45, 7) is 3.59. The Morgan fingerprint density at radius 2 is 1.85 bits per heavy atom. The van der Waals surface area contributed by atoms with Gasteiger partial charge in [0.15, 0.2) is 21.0 Å². The average Bonchev–Trinajstić information content (AvgIpc) is 3.47. The lowest BCUT2D eigenvalue weighted by Crippen LogP contribution is -2.22. The zero-order valence-electron chi connectivity index (χ0n) is 17.8. The van der Waals surface area contributed by atoms with Crippen LogP contribution in [0.3, 0.4) is 0 Å². The second kappa shape index (κ2) is 9.78. The Bertz CT molecular complexity index is 1390. The second-order valence-corrected chi connectivity index (χ2v) is 9.74. The number of ether oxygens (including phenoxy) is 3. The van der Waals surface area contributed by atoms with Crippen molar-refractivity contribution >= 4 is 45.7 Å². The number of thioether (sulfide) groups is 1. The van der Waals surface area contributed by atoms with Crippen LogP contribution in [0, 0.1) is 3.95 Å². The third-order valence-corrected chi connectivity index (χ3v) is 7.36. The minimum atomic E-state index is -0.324. The van der Waals surface area contributed by atoms with E-state index in [1.54, 1.807) is 4.57 Å². The number of thiazole rings is 1. The fourth-order valence-electron chi connectivity index (χ4n) is 3.62. The molecule has 1 saturated heterocycles. The molecule has 2 aromatic carbocycles. The fourth-order valence-corrected chi connectivity index (χ4v) is 5.85. The van der Waals surface area contributed by atoms with E-state index in [4.69, 9.17) is 31.4 Å². The maximum Gasteiger partial charge on any atom is 0.278 e. The summed E-state index contributed by atoms with van der Waals surface area (Å²) >= 11 is 8.36. The summed E-state index contributed by atoms with van der Waals surface area (Å²) in [6.07, 6.45) is -0.324. The molecule has 0 N–H and O–H groups in total. The van der Waals surface area contributed by atoms with E-state index < -0.39 is 0 Å². The molecule has 4 aromatic rings. The number of hydrogen-bond acceptors (Lipinski definition) is 8. The molecule has 2 aromatic heterocycles. The van der Waals surface area contributed by atoms with Gasteiger partial charge < -0.3 is 14.2 Å². The minimum Gasteiger partial charge on any atom is -0.492 e. The Labute approximate surface area is 203 Å². The Kier molecular flexibility index (Phi) is 6.61. The van der Waals surface area contributed by atoms with Crippen molar-refractivity contribution in [2.45, 2.75) is 18.4 Å². The molecule has 1 aliphatic heterocycles. The molecule has 0 atom stereocenters. The first-order chi connectivity index (χ1) is 16.2. The highest BCUT2D eigenvalue weighted by Gasteiger charge is 2.22. The maximum absolute atomic E-state index is 13.7. The van der Waals surface area contributed by atoms with Crippen LogP contribution in [0.5, 0.6) is 5.75 Å². The molecular weight excluding hydrogens is 478 g/mol. The van der Waals surface area contributed by atoms with Crippen LogP contribution in [-0.2, 0) is 9.47 Å². The second-order valence-electron chi connectivity index (χ2n) is 7.11. The topological polar surface area (TPSA) is 67.5 Å². The van der Waals surface area contributed by atoms with Gasteiger partial charge in [-0.25, -0.2) is 4.98 Å². The summed E-state index contributed by atoms with van der Waals surface area (Å²) in [6, 6.07) is 17.1. The molecule has 1 aliphatic rings. The van der Waals surface area contributed by atoms with Gasteiger partial charge in [0.1, 0.15) is 10.4 Å². The third kappa shape index (κ3) is 4.36. The number of rotatable bonds is 7. The fraction of sp³-hybridized carbons (Fsp3) is 0.261. The van der Waals surface area contributed by atoms with Gasteiger partial charge in [-0.05, 0) is 43.4 Å². The molecule has 10 heteroatoms. The molecule has 7 nitrogen and oxygen atoms in total. The SMILES string of the molecule is CCOc1ccccc1-n1c(=S)sc2c(=O)n(-c3ccccc3)c(SCC3OCCO3)nc21. The predicted molar refractivity (Wildman–Crippen MR) is 133 cm³/mol. The maximum atomic E-state index is 13.7. The van der Waals surface area contributed by atoms with Crippen LogP contribution in [0.15, 0.2) is 64.5 Å². The van der Waals surface area contributed by atoms with Gasteiger partial charge in [-0.2, -0.15) is 0 Å². The van der Waals surface area contributed by atoms with E-state index in [0.29, 0.717) is 50.8 Å². The number of nitrogens with zero attached hydrogens (tertiary/aromatic N) is 3. The van der Waals surface area contributed by atoms with E-state index in [2.05, 4.69) is 0 Å². The Hall–Kier alpha value is -2.50. The Balaban J connectivity index is 1.72. The first-order valence-corrected chi connectivity index (χ1v) is 12.7. The van der Waals surface area contributed by atoms with Crippen molar-refractivity contribution in [2.24, 2.45) is 0 Å². The average molecular weight is 500 g/mol. The molecule has 0 amide bonds. The number of benzene rings is 2. The van der Waals surface area contributed by atoms with Gasteiger partial charge in [-0.1, -0.05) is 53.4 Å². The van der Waals surface area contributed by atoms with Crippen molar-refractivity contribution in [3.8, 4) is 17.1 Å². The van der Waals surface area contributed by atoms with Gasteiger partial charge in [0.05, 0.1) is 36.9 Å². The van der Waals surface area contributed by atoms with E-state index in [9.17, 15) is 4.79 Å². The van der Waals surface area contributed by atoms with Gasteiger partial charge in [0, 0.05) is 0 Å². The first-order valence-electron chi connectivity index (χ1n) is 10.5. The summed E-state index contributed by atoms with van der Waals surface area (Å²) in [5.41, 5.74) is 1.86. The number of para-hydroxylation sites is 3. The molecule has 0 bridgehead atoms. The Morgan fingerprint density at radius 1 is 1.12 bits per heavy atom. The Morgan fingerprint density at radius 3 is 2.61 bits per heavy atom. The molecular formula is C23H21N3O4S3. The van der Waals surface area contributed by atoms with Crippen molar-refractivity contribution in [2.75, 3.05) is 25.6 Å². The summed E-state index contributed by atoms with van der Waals surface area (Å²) in [5.74, 6) is 1.21. The summed E-state index contributed by atoms with van der Waals surface area (Å²) in [7, 11) is 0. The highest BCUT2D eigenvalue weighted by Crippen LogP contribution is 2.31. The van der Waals surface area contributed by atoms with E-state index in [-0.39, 0.29) is 11.8 Å². The van der Waals surface area contributed by atoms with Crippen LogP contribution in [-0.4, -0.2) is 46.0 Å². The molecule has 3 heterocycles. The zero-order chi connectivity index (χ0) is 22.8. The van der Waals surface area contributed by atoms with Crippen molar-refractivity contribution in [1.29, 1.82) is 0 Å². The van der Waals surface area contributed by atoms with E-state index >= 15 is 0 Å². The van der Waals surface area contributed by atoms with Gasteiger partial charge in [0.2, 0.25) is 0 Å². The highest BCUT2D eigenvalue weighted by atomic mass is 32.2. The van der Waals surface area contributed by atoms with Crippen LogP contribution in [0.25, 0.3) is 21.7 Å². The van der Waals surface area contributed by atoms with Gasteiger partial charge >= 0.3 is 0 Å². The molecule has 0 aliphatic carbocycles. The molecule has 0 radical (unpaired) electrons. The molecule has 170 valence electrons. The molecule has 0 saturated carbocycles. The van der Waals surface area contributed by atoms with Crippen LogP contribution >= 0.6 is 35.3 Å². The largest absolute Gasteiger partial charge is 0.492 e. The first kappa shape index (κ1) is 22.3. The minimum absolute atomic E-state index is 0.161. The van der Waals surface area contributed by atoms with Crippen molar-refractivity contribution in [3.63, 3.8) is 0 Å². The smallest absolute Gasteiger partial charge is 0.278 e. The lowest BCUT2D eigenvalue weighted by molar-refractivity contribution is -0.0215. The van der Waals surface area contributed by atoms with E-state index in [1.165, 1.54) is 23.1 Å². The van der Waals surface area contributed by atoms with Gasteiger partial charge in [-0.3, -0.25) is 13.9 Å². The van der Waals surface area contributed by atoms with Crippen LogP contribution < -0.4 is 10.3 Å². The lowest BCUT2D eigenvalue weighted by Gasteiger charge is -2.15. The van der Waals surface area contributed by atoms with Crippen molar-refractivity contribution < 1.29 is 14.2 Å². The van der Waals surface area contributed by atoms with Crippen LogP contribution in [0.4, 0.5) is 0 Å². The van der Waals surface area contributed by atoms with E-state index in [0.717, 1.165) is 11.4 Å². The number of hydrogen-bond donors (Lipinski definition) is 0. The van der Waals surface area contributed by atoms with Gasteiger partial charge in [0.25, 0.3) is 5.56 Å². The number of fused-ring (bicyclic) bond motifs is 1. The van der Waals surface area contributed by atoms with Gasteiger partial charge in [-0.15, -0.1) is 0 Å². The monoisotopic (exact) mass is 499 g/mol. The van der Waals surface area contributed by atoms with Crippen LogP contribution in [0.1, 0.15) is 6.92 Å². The summed E-state index contributed by atoms with van der Waals surface area (Å²) < 4.78 is 21.5. The highest BCUT2D eigenvalue weighted by molar-refractivity contribution is 7.99. The van der Waals surface area contributed by atoms with Crippen molar-refractivity contribution in [3.05, 3.63) is 68.9 Å². The quantitative estimate of drug-likeness (QED) is 0.205. The summed E-state index contributed by atoms with van der Waals surface area (Å²) in [5, 5.41) is 0.549. The molecule has 5 rings (SSSR count). The normalized spacial score (nSPS) is 14.2. The van der Waals surface area contributed by atoms with E-state index in [1.807, 2.05) is 66.1 Å². The standard InChI is InChI=1S/C23H21N3O4S3/c1-2-28-17-11-7-6-10-16(17)26-20-19(33-23(26)31)21(27)25(15-8-4-3-5-9-15)22(24-20)32-14-18-29-12-13-30-18/h3-11,18H,2,12-14H2,1H3. The molecule has 33 heavy (non-hydrogen) atoms. The van der Waals surface area contributed by atoms with Crippen LogP contribution in [0.2, 0.25) is 0 Å². The summed E-state index contributed by atoms with van der Waals surface area (Å²) in [4.78, 5) is 18.7. The molecule has 1 fully saturated rings.